The molecule has 15 heteroatoms. The largest absolute Gasteiger partial charge is 0.463 e. The summed E-state index contributed by atoms with van der Waals surface area (Å²) < 4.78 is 68.9. The molecule has 14 nitrogen and oxygen atoms in total. The number of terminal acetylenes is 2. The van der Waals surface area contributed by atoms with Gasteiger partial charge in [0.15, 0.2) is 30.6 Å². The van der Waals surface area contributed by atoms with Gasteiger partial charge in [-0.1, -0.05) is 93.3 Å². The molecule has 0 bridgehead atoms. The molecule has 3 saturated heterocycles. The zero-order valence-electron chi connectivity index (χ0n) is 34.2. The number of carbonyl (C=O) groups is 3. The third-order valence-electron chi connectivity index (χ3n) is 9.94. The molecular weight excluding hydrogens is 769 g/mol. The van der Waals surface area contributed by atoms with Crippen molar-refractivity contribution in [3.8, 4) is 24.7 Å². The van der Waals surface area contributed by atoms with Crippen LogP contribution in [0.5, 0.6) is 0 Å². The Balaban J connectivity index is 1.59. The molecule has 3 aliphatic rings. The van der Waals surface area contributed by atoms with E-state index in [1.165, 1.54) is 20.8 Å². The second kappa shape index (κ2) is 19.3. The monoisotopic (exact) mass is 822 g/mol. The number of benzene rings is 2. The lowest BCUT2D eigenvalue weighted by molar-refractivity contribution is -0.355. The van der Waals surface area contributed by atoms with Crippen molar-refractivity contribution >= 4 is 36.6 Å². The van der Waals surface area contributed by atoms with Crippen LogP contribution >= 0.6 is 0 Å². The SMILES string of the molecule is C#CCO[C@@H]1O[C@H](COC(C)=O)[C@@H](O[C@H]2O[C@H](CO[Si](c3ccccc3)(c3ccccc3)C(C)(C)C)[C@@H]3OC(C)(C)O[C@@H]3[C@H]2OCC#C)[C@H](OC(C)=O)[C@H]1OC(C)=O. The molecule has 58 heavy (non-hydrogen) atoms. The summed E-state index contributed by atoms with van der Waals surface area (Å²) in [6.45, 7) is 12.9. The Bertz CT molecular complexity index is 1740. The number of esters is 3. The van der Waals surface area contributed by atoms with Gasteiger partial charge >= 0.3 is 17.9 Å². The maximum Gasteiger partial charge on any atom is 0.303 e. The van der Waals surface area contributed by atoms with Crippen molar-refractivity contribution < 1.29 is 66.2 Å². The molecule has 5 rings (SSSR count). The average molecular weight is 823 g/mol. The second-order valence-electron chi connectivity index (χ2n) is 15.7. The third-order valence-corrected chi connectivity index (χ3v) is 14.9. The fourth-order valence-electron chi connectivity index (χ4n) is 7.81. The Morgan fingerprint density at radius 1 is 0.690 bits per heavy atom. The van der Waals surface area contributed by atoms with E-state index >= 15 is 0 Å². The van der Waals surface area contributed by atoms with E-state index in [-0.39, 0.29) is 31.5 Å². The first-order valence-corrected chi connectivity index (χ1v) is 21.1. The molecule has 10 atom stereocenters. The quantitative estimate of drug-likeness (QED) is 0.112. The highest BCUT2D eigenvalue weighted by atomic mass is 28.4. The number of hydrogen-bond acceptors (Lipinski definition) is 14. The third kappa shape index (κ3) is 10.4. The van der Waals surface area contributed by atoms with Gasteiger partial charge in [0.2, 0.25) is 0 Å². The van der Waals surface area contributed by atoms with Crippen LogP contribution in [0.15, 0.2) is 60.7 Å². The Labute approximate surface area is 341 Å². The average Bonchev–Trinajstić information content (AvgIpc) is 3.50. The highest BCUT2D eigenvalue weighted by molar-refractivity contribution is 6.99. The molecule has 314 valence electrons. The molecule has 2 aromatic carbocycles. The van der Waals surface area contributed by atoms with Crippen LogP contribution in [0.2, 0.25) is 5.04 Å². The number of ether oxygens (including phenoxy) is 10. The van der Waals surface area contributed by atoms with Gasteiger partial charge in [-0.25, -0.2) is 0 Å². The standard InChI is InChI=1S/C43H54O14Si/c1-11-23-47-38-37-35(56-43(9,10)57-37)33(26-50-58(42(6,7)8,30-19-15-13-16-20-30)31-21-17-14-18-22-31)54-41(38)55-34-32(25-49-27(3)44)53-40(48-24-12-2)39(52-29(5)46)36(34)51-28(4)45/h1-2,13-22,32-41H,23-26H2,3-10H3/t32-,33-,34-,35+,36+,37+,38-,39-,40-,41-/m1/s1. The van der Waals surface area contributed by atoms with Crippen LogP contribution in [0.3, 0.4) is 0 Å². The lowest BCUT2D eigenvalue weighted by Crippen LogP contribution is -2.69. The fraction of sp³-hybridized carbons (Fsp3) is 0.558. The molecule has 3 heterocycles. The van der Waals surface area contributed by atoms with E-state index in [1.54, 1.807) is 13.8 Å². The molecule has 0 saturated carbocycles. The van der Waals surface area contributed by atoms with Gasteiger partial charge in [0.05, 0.1) is 6.61 Å². The predicted octanol–water partition coefficient (Wildman–Crippen LogP) is 3.01. The van der Waals surface area contributed by atoms with Gasteiger partial charge in [-0.3, -0.25) is 14.4 Å². The van der Waals surface area contributed by atoms with Crippen molar-refractivity contribution in [2.75, 3.05) is 26.4 Å². The zero-order chi connectivity index (χ0) is 42.3. The minimum atomic E-state index is -3.10. The maximum absolute atomic E-state index is 12.7. The van der Waals surface area contributed by atoms with Crippen molar-refractivity contribution in [1.82, 2.24) is 0 Å². The molecule has 0 spiro atoms. The van der Waals surface area contributed by atoms with Crippen LogP contribution < -0.4 is 10.4 Å². The summed E-state index contributed by atoms with van der Waals surface area (Å²) in [5.41, 5.74) is 0. The lowest BCUT2D eigenvalue weighted by Gasteiger charge is -2.48. The van der Waals surface area contributed by atoms with Crippen molar-refractivity contribution in [2.45, 2.75) is 128 Å². The molecule has 0 aromatic heterocycles. The van der Waals surface area contributed by atoms with Gasteiger partial charge in [0.25, 0.3) is 8.32 Å². The first kappa shape index (κ1) is 45.0. The topological polar surface area (TPSA) is 153 Å². The second-order valence-corrected chi connectivity index (χ2v) is 20.0. The Hall–Kier alpha value is -4.13. The van der Waals surface area contributed by atoms with Crippen molar-refractivity contribution in [3.63, 3.8) is 0 Å². The fourth-order valence-corrected chi connectivity index (χ4v) is 12.4. The number of carbonyl (C=O) groups excluding carboxylic acids is 3. The van der Waals surface area contributed by atoms with Gasteiger partial charge in [0.1, 0.15) is 56.4 Å². The maximum atomic E-state index is 12.7. The van der Waals surface area contributed by atoms with E-state index in [0.717, 1.165) is 10.4 Å². The van der Waals surface area contributed by atoms with E-state index in [4.69, 9.17) is 64.6 Å². The molecule has 0 aliphatic carbocycles. The van der Waals surface area contributed by atoms with Gasteiger partial charge < -0.3 is 51.8 Å². The summed E-state index contributed by atoms with van der Waals surface area (Å²) in [7, 11) is -3.10. The van der Waals surface area contributed by atoms with E-state index < -0.39 is 93.4 Å². The number of rotatable bonds is 15. The summed E-state index contributed by atoms with van der Waals surface area (Å²) >= 11 is 0. The van der Waals surface area contributed by atoms with Crippen LogP contribution in [0.25, 0.3) is 0 Å². The van der Waals surface area contributed by atoms with Gasteiger partial charge in [0, 0.05) is 20.8 Å². The van der Waals surface area contributed by atoms with Crippen LogP contribution in [0, 0.1) is 24.7 Å². The Kier molecular flexibility index (Phi) is 15.0. The minimum absolute atomic E-state index is 0.0269. The van der Waals surface area contributed by atoms with Crippen molar-refractivity contribution in [3.05, 3.63) is 60.7 Å². The molecule has 0 amide bonds. The number of hydrogen-bond donors (Lipinski definition) is 0. The van der Waals surface area contributed by atoms with Crippen LogP contribution in [0.1, 0.15) is 55.4 Å². The minimum Gasteiger partial charge on any atom is -0.463 e. The van der Waals surface area contributed by atoms with E-state index in [1.807, 2.05) is 36.4 Å². The van der Waals surface area contributed by atoms with E-state index in [2.05, 4.69) is 56.9 Å². The molecular formula is C43H54O14Si. The molecule has 0 radical (unpaired) electrons. The van der Waals surface area contributed by atoms with Crippen LogP contribution in [-0.4, -0.2) is 120 Å². The van der Waals surface area contributed by atoms with Gasteiger partial charge in [-0.05, 0) is 29.3 Å². The molecule has 0 N–H and O–H groups in total. The summed E-state index contributed by atoms with van der Waals surface area (Å²) in [5, 5.41) is 1.75. The van der Waals surface area contributed by atoms with Crippen LogP contribution in [0.4, 0.5) is 0 Å². The Morgan fingerprint density at radius 2 is 1.22 bits per heavy atom. The van der Waals surface area contributed by atoms with E-state index in [0.29, 0.717) is 0 Å². The number of fused-ring (bicyclic) bond motifs is 1. The zero-order valence-corrected chi connectivity index (χ0v) is 35.2. The Morgan fingerprint density at radius 3 is 1.76 bits per heavy atom. The van der Waals surface area contributed by atoms with Gasteiger partial charge in [-0.15, -0.1) is 12.8 Å². The molecule has 3 fully saturated rings. The summed E-state index contributed by atoms with van der Waals surface area (Å²) in [6.07, 6.45) is -0.201. The highest BCUT2D eigenvalue weighted by Crippen LogP contribution is 2.42. The molecule has 2 aromatic rings. The first-order chi connectivity index (χ1) is 27.5. The summed E-state index contributed by atoms with van der Waals surface area (Å²) in [5.74, 6) is 1.65. The lowest BCUT2D eigenvalue weighted by atomic mass is 9.96. The summed E-state index contributed by atoms with van der Waals surface area (Å²) in [6, 6.07) is 20.3. The van der Waals surface area contributed by atoms with E-state index in [9.17, 15) is 14.4 Å². The van der Waals surface area contributed by atoms with Crippen LogP contribution in [-0.2, 0) is 66.2 Å². The molecule has 0 unspecified atom stereocenters. The summed E-state index contributed by atoms with van der Waals surface area (Å²) in [4.78, 5) is 37.3. The van der Waals surface area contributed by atoms with Crippen molar-refractivity contribution in [2.24, 2.45) is 0 Å². The normalized spacial score (nSPS) is 29.3. The smallest absolute Gasteiger partial charge is 0.303 e. The highest BCUT2D eigenvalue weighted by Gasteiger charge is 2.60. The predicted molar refractivity (Wildman–Crippen MR) is 211 cm³/mol. The van der Waals surface area contributed by atoms with Gasteiger partial charge in [-0.2, -0.15) is 0 Å². The van der Waals surface area contributed by atoms with Crippen molar-refractivity contribution in [1.29, 1.82) is 0 Å². The first-order valence-electron chi connectivity index (χ1n) is 19.2. The molecule has 3 aliphatic heterocycles.